The molecule has 1 aliphatic carbocycles. The van der Waals surface area contributed by atoms with Crippen molar-refractivity contribution in [3.05, 3.63) is 26.6 Å². The molecule has 1 aromatic carbocycles. The largest absolute Gasteiger partial charge is 0.495 e. The molecule has 0 aliphatic heterocycles. The summed E-state index contributed by atoms with van der Waals surface area (Å²) in [6, 6.07) is 4.12. The highest BCUT2D eigenvalue weighted by Crippen LogP contribution is 2.48. The van der Waals surface area contributed by atoms with Crippen molar-refractivity contribution in [1.82, 2.24) is 5.32 Å². The van der Waals surface area contributed by atoms with Crippen molar-refractivity contribution >= 4 is 31.9 Å². The number of nitrogens with one attached hydrogen (secondary N) is 1. The average molecular weight is 377 g/mol. The molecule has 0 spiro atoms. The third-order valence-electron chi connectivity index (χ3n) is 3.81. The third-order valence-corrected chi connectivity index (χ3v) is 4.86. The average Bonchev–Trinajstić information content (AvgIpc) is 3.09. The van der Waals surface area contributed by atoms with Gasteiger partial charge in [0.2, 0.25) is 0 Å². The summed E-state index contributed by atoms with van der Waals surface area (Å²) in [5, 5.41) is 3.56. The van der Waals surface area contributed by atoms with Gasteiger partial charge < -0.3 is 10.1 Å². The predicted octanol–water partition coefficient (Wildman–Crippen LogP) is 4.50. The molecule has 0 bridgehead atoms. The molecule has 1 aliphatic rings. The second-order valence-corrected chi connectivity index (χ2v) is 6.81. The van der Waals surface area contributed by atoms with E-state index in [-0.39, 0.29) is 0 Å². The molecular weight excluding hydrogens is 358 g/mol. The van der Waals surface area contributed by atoms with Crippen molar-refractivity contribution in [1.29, 1.82) is 0 Å². The summed E-state index contributed by atoms with van der Waals surface area (Å²) in [4.78, 5) is 0. The summed E-state index contributed by atoms with van der Waals surface area (Å²) in [6.07, 6.45) is 4.02. The van der Waals surface area contributed by atoms with E-state index < -0.39 is 0 Å². The minimum atomic E-state index is 0.580. The fourth-order valence-electron chi connectivity index (χ4n) is 2.27. The molecule has 0 amide bonds. The number of ether oxygens (including phenoxy) is 1. The van der Waals surface area contributed by atoms with Gasteiger partial charge in [-0.15, -0.1) is 0 Å². The molecule has 0 heterocycles. The van der Waals surface area contributed by atoms with Gasteiger partial charge in [-0.1, -0.05) is 22.9 Å². The number of hydrogen-bond acceptors (Lipinski definition) is 2. The Kier molecular flexibility index (Phi) is 4.73. The molecule has 4 heteroatoms. The quantitative estimate of drug-likeness (QED) is 0.789. The van der Waals surface area contributed by atoms with E-state index in [2.05, 4.69) is 50.2 Å². The highest BCUT2D eigenvalue weighted by atomic mass is 79.9. The van der Waals surface area contributed by atoms with Crippen LogP contribution in [-0.2, 0) is 6.54 Å². The lowest BCUT2D eigenvalue weighted by atomic mass is 10.0. The fourth-order valence-corrected chi connectivity index (χ4v) is 3.74. The molecule has 2 nitrogen and oxygen atoms in total. The molecule has 1 saturated carbocycles. The monoisotopic (exact) mass is 375 g/mol. The first-order chi connectivity index (χ1) is 8.60. The number of halogens is 2. The van der Waals surface area contributed by atoms with Gasteiger partial charge in [-0.05, 0) is 52.7 Å². The second kappa shape index (κ2) is 5.93. The Balaban J connectivity index is 2.00. The van der Waals surface area contributed by atoms with Crippen LogP contribution in [0.1, 0.15) is 31.7 Å². The van der Waals surface area contributed by atoms with Crippen LogP contribution in [0, 0.1) is 5.41 Å². The van der Waals surface area contributed by atoms with Gasteiger partial charge in [0.1, 0.15) is 5.75 Å². The molecule has 100 valence electrons. The number of rotatable bonds is 6. The van der Waals surface area contributed by atoms with Gasteiger partial charge in [-0.3, -0.25) is 0 Å². The fraction of sp³-hybridized carbons (Fsp3) is 0.571. The van der Waals surface area contributed by atoms with Gasteiger partial charge >= 0.3 is 0 Å². The molecular formula is C14H19Br2NO. The Morgan fingerprint density at radius 2 is 2.06 bits per heavy atom. The predicted molar refractivity (Wildman–Crippen MR) is 82.1 cm³/mol. The van der Waals surface area contributed by atoms with E-state index >= 15 is 0 Å². The van der Waals surface area contributed by atoms with Gasteiger partial charge in [0.05, 0.1) is 11.6 Å². The number of methoxy groups -OCH3 is 1. The van der Waals surface area contributed by atoms with Crippen LogP contribution in [0.4, 0.5) is 0 Å². The zero-order valence-electron chi connectivity index (χ0n) is 10.9. The Bertz CT molecular complexity index is 430. The molecule has 1 aromatic rings. The van der Waals surface area contributed by atoms with E-state index in [9.17, 15) is 0 Å². The molecule has 1 fully saturated rings. The van der Waals surface area contributed by atoms with Crippen molar-refractivity contribution < 1.29 is 4.74 Å². The summed E-state index contributed by atoms with van der Waals surface area (Å²) >= 11 is 7.05. The molecule has 0 unspecified atom stereocenters. The molecule has 0 aromatic heterocycles. The number of hydrogen-bond donors (Lipinski definition) is 1. The summed E-state index contributed by atoms with van der Waals surface area (Å²) in [5.74, 6) is 0.923. The molecule has 0 atom stereocenters. The van der Waals surface area contributed by atoms with Crippen molar-refractivity contribution in [2.75, 3.05) is 13.7 Å². The van der Waals surface area contributed by atoms with E-state index in [4.69, 9.17) is 4.74 Å². The minimum Gasteiger partial charge on any atom is -0.495 e. The Labute approximate surface area is 126 Å². The Morgan fingerprint density at radius 3 is 2.61 bits per heavy atom. The topological polar surface area (TPSA) is 21.3 Å². The van der Waals surface area contributed by atoms with Crippen molar-refractivity contribution in [3.8, 4) is 5.75 Å². The standard InChI is InChI=1S/C14H19Br2NO/c1-3-14(4-5-14)9-17-8-10-6-11(15)7-12(16)13(10)18-2/h6-7,17H,3-5,8-9H2,1-2H3. The van der Waals surface area contributed by atoms with E-state index in [0.29, 0.717) is 5.41 Å². The highest BCUT2D eigenvalue weighted by molar-refractivity contribution is 9.11. The summed E-state index contributed by atoms with van der Waals surface area (Å²) < 4.78 is 7.51. The number of benzene rings is 1. The normalized spacial score (nSPS) is 16.7. The SMILES string of the molecule is CCC1(CNCc2cc(Br)cc(Br)c2OC)CC1. The van der Waals surface area contributed by atoms with E-state index in [1.807, 2.05) is 6.07 Å². The maximum absolute atomic E-state index is 5.45. The van der Waals surface area contributed by atoms with Crippen LogP contribution in [0.5, 0.6) is 5.75 Å². The van der Waals surface area contributed by atoms with Gasteiger partial charge in [0.25, 0.3) is 0 Å². The van der Waals surface area contributed by atoms with Gasteiger partial charge in [0, 0.05) is 23.1 Å². The van der Waals surface area contributed by atoms with Crippen molar-refractivity contribution in [2.24, 2.45) is 5.41 Å². The highest BCUT2D eigenvalue weighted by Gasteiger charge is 2.39. The first-order valence-corrected chi connectivity index (χ1v) is 7.91. The Morgan fingerprint density at radius 1 is 1.33 bits per heavy atom. The summed E-state index contributed by atoms with van der Waals surface area (Å²) in [6.45, 7) is 4.24. The third kappa shape index (κ3) is 3.28. The first kappa shape index (κ1) is 14.4. The van der Waals surface area contributed by atoms with E-state index in [0.717, 1.165) is 27.8 Å². The smallest absolute Gasteiger partial charge is 0.137 e. The van der Waals surface area contributed by atoms with E-state index in [1.54, 1.807) is 7.11 Å². The molecule has 18 heavy (non-hydrogen) atoms. The maximum Gasteiger partial charge on any atom is 0.137 e. The lowest BCUT2D eigenvalue weighted by molar-refractivity contribution is 0.399. The zero-order chi connectivity index (χ0) is 13.2. The maximum atomic E-state index is 5.45. The van der Waals surface area contributed by atoms with Gasteiger partial charge in [0.15, 0.2) is 0 Å². The van der Waals surface area contributed by atoms with Crippen molar-refractivity contribution in [2.45, 2.75) is 32.7 Å². The molecule has 1 N–H and O–H groups in total. The van der Waals surface area contributed by atoms with Crippen LogP contribution in [0.25, 0.3) is 0 Å². The van der Waals surface area contributed by atoms with Gasteiger partial charge in [-0.2, -0.15) is 0 Å². The van der Waals surface area contributed by atoms with Crippen LogP contribution >= 0.6 is 31.9 Å². The van der Waals surface area contributed by atoms with Crippen molar-refractivity contribution in [3.63, 3.8) is 0 Å². The first-order valence-electron chi connectivity index (χ1n) is 6.33. The Hall–Kier alpha value is -0.0600. The van der Waals surface area contributed by atoms with Crippen LogP contribution in [0.2, 0.25) is 0 Å². The molecule has 2 rings (SSSR count). The second-order valence-electron chi connectivity index (χ2n) is 5.04. The summed E-state index contributed by atoms with van der Waals surface area (Å²) in [7, 11) is 1.71. The molecule has 0 saturated heterocycles. The van der Waals surface area contributed by atoms with Gasteiger partial charge in [-0.25, -0.2) is 0 Å². The minimum absolute atomic E-state index is 0.580. The van der Waals surface area contributed by atoms with Crippen LogP contribution in [0.3, 0.4) is 0 Å². The zero-order valence-corrected chi connectivity index (χ0v) is 14.0. The lowest BCUT2D eigenvalue weighted by Gasteiger charge is -2.16. The summed E-state index contributed by atoms with van der Waals surface area (Å²) in [5.41, 5.74) is 1.77. The lowest BCUT2D eigenvalue weighted by Crippen LogP contribution is -2.23. The van der Waals surface area contributed by atoms with E-state index in [1.165, 1.54) is 24.8 Å². The molecule has 0 radical (unpaired) electrons. The van der Waals surface area contributed by atoms with Crippen LogP contribution in [0.15, 0.2) is 21.1 Å². The van der Waals surface area contributed by atoms with Crippen LogP contribution < -0.4 is 10.1 Å². The van der Waals surface area contributed by atoms with Crippen LogP contribution in [-0.4, -0.2) is 13.7 Å².